The third-order valence-electron chi connectivity index (χ3n) is 9.01. The number of aryl methyl sites for hydroxylation is 1. The number of aromatic nitrogens is 6. The minimum Gasteiger partial charge on any atom is -0.389 e. The zero-order chi connectivity index (χ0) is 32.8. The number of rotatable bonds is 12. The molecule has 12 nitrogen and oxygen atoms in total. The van der Waals surface area contributed by atoms with Gasteiger partial charge in [0.05, 0.1) is 59.1 Å². The highest BCUT2D eigenvalue weighted by molar-refractivity contribution is 6.03. The number of nitrogens with two attached hydrogens (primary N) is 2. The summed E-state index contributed by atoms with van der Waals surface area (Å²) < 4.78 is 21.9. The molecule has 46 heavy (non-hydrogen) atoms. The van der Waals surface area contributed by atoms with Crippen LogP contribution in [0, 0.1) is 0 Å². The average Bonchev–Trinajstić information content (AvgIpc) is 3.60. The minimum atomic E-state index is -0.939. The Bertz CT molecular complexity index is 1870. The fourth-order valence-electron chi connectivity index (χ4n) is 6.59. The largest absolute Gasteiger partial charge is 0.389 e. The van der Waals surface area contributed by atoms with Gasteiger partial charge in [-0.05, 0) is 45.2 Å². The van der Waals surface area contributed by atoms with Crippen LogP contribution in [-0.4, -0.2) is 72.4 Å². The van der Waals surface area contributed by atoms with Crippen molar-refractivity contribution >= 4 is 38.8 Å². The quantitative estimate of drug-likeness (QED) is 0.172. The molecular weight excluding hydrogens is 584 g/mol. The number of fused-ring (bicyclic) bond motifs is 6. The number of imidazole rings is 2. The Hall–Kier alpha value is -3.68. The van der Waals surface area contributed by atoms with Gasteiger partial charge in [-0.3, -0.25) is 0 Å². The molecule has 4 aromatic heterocycles. The highest BCUT2D eigenvalue weighted by Crippen LogP contribution is 2.36. The summed E-state index contributed by atoms with van der Waals surface area (Å²) in [5.41, 5.74) is 18.5. The lowest BCUT2D eigenvalue weighted by Gasteiger charge is -2.30. The van der Waals surface area contributed by atoms with E-state index in [9.17, 15) is 5.11 Å². The number of para-hydroxylation sites is 1. The fourth-order valence-corrected chi connectivity index (χ4v) is 6.59. The van der Waals surface area contributed by atoms with E-state index in [1.807, 2.05) is 45.3 Å². The lowest BCUT2D eigenvalue weighted by Crippen LogP contribution is -2.43. The summed E-state index contributed by atoms with van der Waals surface area (Å²) in [6.07, 6.45) is 3.58. The first-order valence-electron chi connectivity index (χ1n) is 16.0. The molecule has 1 aliphatic carbocycles. The van der Waals surface area contributed by atoms with Crippen LogP contribution in [0.25, 0.3) is 33.0 Å². The Labute approximate surface area is 269 Å². The van der Waals surface area contributed by atoms with Crippen molar-refractivity contribution in [2.45, 2.75) is 96.9 Å². The maximum Gasteiger partial charge on any atom is 0.151 e. The number of hydrogen-bond acceptors (Lipinski definition) is 10. The molecule has 0 bridgehead atoms. The van der Waals surface area contributed by atoms with Gasteiger partial charge in [0.15, 0.2) is 5.82 Å². The molecule has 0 saturated carbocycles. The number of ether oxygens (including phenoxy) is 3. The van der Waals surface area contributed by atoms with Crippen LogP contribution in [0.1, 0.15) is 63.8 Å². The Morgan fingerprint density at radius 2 is 1.87 bits per heavy atom. The standard InChI is InChI=1S/C34H46N8O4/c1-7-45-17-25-40-27-29(42(25)18-33(2,3)43)22-13-12-20(16-24(22)39-31(27)35)46-15-14-41-19-37-26-28(41)21-10-8-9-11-23(21)38-30(26)34(4,5)32(36)44-6/h8-11,19-20,32,43H,7,12-18,36H2,1-6H3,(H2,35,39). The van der Waals surface area contributed by atoms with Crippen LogP contribution in [0.5, 0.6) is 0 Å². The third kappa shape index (κ3) is 5.95. The van der Waals surface area contributed by atoms with E-state index >= 15 is 0 Å². The van der Waals surface area contributed by atoms with Crippen molar-refractivity contribution in [1.29, 1.82) is 0 Å². The Morgan fingerprint density at radius 3 is 2.61 bits per heavy atom. The molecule has 0 saturated heterocycles. The van der Waals surface area contributed by atoms with Crippen LogP contribution in [0.4, 0.5) is 5.82 Å². The lowest BCUT2D eigenvalue weighted by atomic mass is 9.85. The number of pyridine rings is 2. The maximum absolute atomic E-state index is 10.7. The summed E-state index contributed by atoms with van der Waals surface area (Å²) in [5, 5.41) is 11.8. The Morgan fingerprint density at radius 1 is 1.09 bits per heavy atom. The van der Waals surface area contributed by atoms with Crippen molar-refractivity contribution in [2.24, 2.45) is 5.73 Å². The topological polar surface area (TPSA) is 161 Å². The lowest BCUT2D eigenvalue weighted by molar-refractivity contribution is 0.0389. The van der Waals surface area contributed by atoms with E-state index in [1.165, 1.54) is 0 Å². The predicted molar refractivity (Wildman–Crippen MR) is 178 cm³/mol. The van der Waals surface area contributed by atoms with Gasteiger partial charge < -0.3 is 39.9 Å². The minimum absolute atomic E-state index is 0.00667. The summed E-state index contributed by atoms with van der Waals surface area (Å²) >= 11 is 0. The number of aliphatic hydroxyl groups is 1. The van der Waals surface area contributed by atoms with E-state index in [2.05, 4.69) is 15.2 Å². The predicted octanol–water partition coefficient (Wildman–Crippen LogP) is 4.00. The fraction of sp³-hybridized carbons (Fsp3) is 0.529. The number of nitrogens with zero attached hydrogens (tertiary/aromatic N) is 6. The molecule has 6 rings (SSSR count). The second-order valence-corrected chi connectivity index (χ2v) is 13.4. The molecule has 12 heteroatoms. The van der Waals surface area contributed by atoms with Gasteiger partial charge in [0.25, 0.3) is 0 Å². The molecule has 246 valence electrons. The summed E-state index contributed by atoms with van der Waals surface area (Å²) in [6.45, 7) is 12.0. The number of anilines is 1. The normalized spacial score (nSPS) is 16.5. The second-order valence-electron chi connectivity index (χ2n) is 13.4. The SMILES string of the molecule is CCOCc1nc2c(N)nc3c(c2n1CC(C)(C)O)CCC(OCCn1cnc2c(C(C)(C)C(N)OC)nc4ccccc4c21)C3. The van der Waals surface area contributed by atoms with E-state index in [4.69, 9.17) is 45.6 Å². The molecule has 0 radical (unpaired) electrons. The number of nitrogen functional groups attached to an aromatic ring is 1. The van der Waals surface area contributed by atoms with Crippen LogP contribution >= 0.6 is 0 Å². The van der Waals surface area contributed by atoms with Crippen LogP contribution in [0.2, 0.25) is 0 Å². The van der Waals surface area contributed by atoms with Gasteiger partial charge in [0.1, 0.15) is 29.7 Å². The zero-order valence-electron chi connectivity index (χ0n) is 27.7. The van der Waals surface area contributed by atoms with E-state index in [0.717, 1.165) is 63.1 Å². The van der Waals surface area contributed by atoms with Gasteiger partial charge in [-0.2, -0.15) is 0 Å². The third-order valence-corrected chi connectivity index (χ3v) is 9.01. The molecular formula is C34H46N8O4. The molecule has 5 N–H and O–H groups in total. The van der Waals surface area contributed by atoms with Crippen molar-refractivity contribution < 1.29 is 19.3 Å². The number of hydrogen-bond donors (Lipinski definition) is 3. The van der Waals surface area contributed by atoms with E-state index in [-0.39, 0.29) is 6.10 Å². The van der Waals surface area contributed by atoms with Gasteiger partial charge in [0, 0.05) is 37.5 Å². The zero-order valence-corrected chi connectivity index (χ0v) is 27.7. The van der Waals surface area contributed by atoms with Crippen molar-refractivity contribution in [3.8, 4) is 0 Å². The summed E-state index contributed by atoms with van der Waals surface area (Å²) in [6, 6.07) is 8.10. The monoisotopic (exact) mass is 630 g/mol. The molecule has 0 amide bonds. The summed E-state index contributed by atoms with van der Waals surface area (Å²) in [4.78, 5) is 19.4. The van der Waals surface area contributed by atoms with Crippen LogP contribution < -0.4 is 11.5 Å². The molecule has 5 aromatic rings. The van der Waals surface area contributed by atoms with Gasteiger partial charge in [-0.15, -0.1) is 0 Å². The van der Waals surface area contributed by atoms with E-state index in [0.29, 0.717) is 50.7 Å². The highest BCUT2D eigenvalue weighted by atomic mass is 16.5. The van der Waals surface area contributed by atoms with E-state index in [1.54, 1.807) is 21.0 Å². The Balaban J connectivity index is 1.25. The van der Waals surface area contributed by atoms with Gasteiger partial charge in [-0.25, -0.2) is 19.9 Å². The van der Waals surface area contributed by atoms with Gasteiger partial charge in [0.2, 0.25) is 0 Å². The molecule has 4 heterocycles. The first kappa shape index (κ1) is 32.3. The van der Waals surface area contributed by atoms with Crippen molar-refractivity contribution in [3.63, 3.8) is 0 Å². The maximum atomic E-state index is 10.7. The number of methoxy groups -OCH3 is 1. The Kier molecular flexibility index (Phi) is 8.77. The smallest absolute Gasteiger partial charge is 0.151 e. The van der Waals surface area contributed by atoms with Crippen LogP contribution in [0.3, 0.4) is 0 Å². The van der Waals surface area contributed by atoms with Crippen LogP contribution in [0.15, 0.2) is 30.6 Å². The molecule has 1 aliphatic rings. The van der Waals surface area contributed by atoms with Crippen molar-refractivity contribution in [3.05, 3.63) is 53.4 Å². The van der Waals surface area contributed by atoms with Gasteiger partial charge in [-0.1, -0.05) is 32.0 Å². The van der Waals surface area contributed by atoms with E-state index < -0.39 is 17.2 Å². The summed E-state index contributed by atoms with van der Waals surface area (Å²) in [5.74, 6) is 1.13. The van der Waals surface area contributed by atoms with Crippen molar-refractivity contribution in [2.75, 3.05) is 26.1 Å². The average molecular weight is 631 g/mol. The molecule has 2 atom stereocenters. The number of benzene rings is 1. The van der Waals surface area contributed by atoms with Crippen molar-refractivity contribution in [1.82, 2.24) is 29.1 Å². The molecule has 0 fully saturated rings. The molecule has 0 aliphatic heterocycles. The second kappa shape index (κ2) is 12.5. The van der Waals surface area contributed by atoms with Gasteiger partial charge >= 0.3 is 0 Å². The first-order valence-corrected chi connectivity index (χ1v) is 16.0. The van der Waals surface area contributed by atoms with Crippen LogP contribution in [-0.2, 0) is 52.2 Å². The molecule has 0 spiro atoms. The molecule has 1 aromatic carbocycles. The molecule has 2 unspecified atom stereocenters. The summed E-state index contributed by atoms with van der Waals surface area (Å²) in [7, 11) is 1.61. The first-order chi connectivity index (χ1) is 21.9. The highest BCUT2D eigenvalue weighted by Gasteiger charge is 2.34.